The highest BCUT2D eigenvalue weighted by Crippen LogP contribution is 2.02. The molecule has 92 valence electrons. The van der Waals surface area contributed by atoms with Crippen LogP contribution in [0.2, 0.25) is 0 Å². The van der Waals surface area contributed by atoms with Crippen molar-refractivity contribution in [2.45, 2.75) is 26.8 Å². The smallest absolute Gasteiger partial charge is 0.241 e. The van der Waals surface area contributed by atoms with Gasteiger partial charge >= 0.3 is 0 Å². The maximum atomic E-state index is 12.1. The van der Waals surface area contributed by atoms with Crippen molar-refractivity contribution in [3.8, 4) is 0 Å². The summed E-state index contributed by atoms with van der Waals surface area (Å²) in [5.41, 5.74) is 0. The molecule has 1 rings (SSSR count). The first-order valence-corrected chi connectivity index (χ1v) is 5.83. The van der Waals surface area contributed by atoms with E-state index in [0.29, 0.717) is 19.0 Å². The normalized spacial score (nSPS) is 20.8. The third-order valence-electron chi connectivity index (χ3n) is 2.59. The van der Waals surface area contributed by atoms with Gasteiger partial charge in [0.1, 0.15) is 6.04 Å². The minimum Gasteiger partial charge on any atom is -0.353 e. The van der Waals surface area contributed by atoms with Crippen molar-refractivity contribution < 1.29 is 9.59 Å². The maximum absolute atomic E-state index is 12.1. The Bertz CT molecular complexity index is 256. The van der Waals surface area contributed by atoms with Crippen LogP contribution < -0.4 is 10.6 Å². The fourth-order valence-corrected chi connectivity index (χ4v) is 1.78. The van der Waals surface area contributed by atoms with Crippen molar-refractivity contribution in [1.29, 1.82) is 0 Å². The molecule has 0 saturated carbocycles. The third-order valence-corrected chi connectivity index (χ3v) is 2.59. The first kappa shape index (κ1) is 13.0. The number of likely N-dealkylation sites (N-methyl/N-ethyl adjacent to an activating group) is 1. The lowest BCUT2D eigenvalue weighted by atomic mass is 10.1. The number of piperazine rings is 1. The quantitative estimate of drug-likeness (QED) is 0.685. The molecule has 2 N–H and O–H groups in total. The predicted octanol–water partition coefficient (Wildman–Crippen LogP) is -0.421. The highest BCUT2D eigenvalue weighted by molar-refractivity contribution is 5.86. The van der Waals surface area contributed by atoms with Crippen LogP contribution in [0.3, 0.4) is 0 Å². The number of amides is 2. The summed E-state index contributed by atoms with van der Waals surface area (Å²) in [4.78, 5) is 24.9. The third kappa shape index (κ3) is 3.48. The van der Waals surface area contributed by atoms with E-state index >= 15 is 0 Å². The number of hydrogen-bond acceptors (Lipinski definition) is 3. The monoisotopic (exact) mass is 227 g/mol. The molecular formula is C11H21N3O2. The standard InChI is InChI=1S/C11H21N3O2/c1-4-14(7-8(2)3)11(16)9-5-13-10(15)6-12-9/h8-9,12H,4-7H2,1-3H3,(H,13,15). The molecule has 1 unspecified atom stereocenters. The van der Waals surface area contributed by atoms with Crippen LogP contribution in [0.5, 0.6) is 0 Å². The van der Waals surface area contributed by atoms with Crippen molar-refractivity contribution in [2.75, 3.05) is 26.2 Å². The molecule has 2 amide bonds. The van der Waals surface area contributed by atoms with Gasteiger partial charge in [-0.3, -0.25) is 14.9 Å². The van der Waals surface area contributed by atoms with E-state index in [9.17, 15) is 9.59 Å². The second-order valence-corrected chi connectivity index (χ2v) is 4.51. The molecule has 1 aliphatic heterocycles. The van der Waals surface area contributed by atoms with E-state index in [2.05, 4.69) is 24.5 Å². The molecule has 0 bridgehead atoms. The van der Waals surface area contributed by atoms with Crippen LogP contribution in [-0.4, -0.2) is 48.9 Å². The molecule has 1 heterocycles. The SMILES string of the molecule is CCN(CC(C)C)C(=O)C1CNC(=O)CN1. The average molecular weight is 227 g/mol. The van der Waals surface area contributed by atoms with Gasteiger partial charge < -0.3 is 10.2 Å². The Morgan fingerprint density at radius 1 is 1.56 bits per heavy atom. The first-order chi connectivity index (χ1) is 7.54. The maximum Gasteiger partial charge on any atom is 0.241 e. The summed E-state index contributed by atoms with van der Waals surface area (Å²) in [6.45, 7) is 8.26. The van der Waals surface area contributed by atoms with Gasteiger partial charge in [0.2, 0.25) is 11.8 Å². The van der Waals surface area contributed by atoms with Crippen molar-refractivity contribution in [2.24, 2.45) is 5.92 Å². The van der Waals surface area contributed by atoms with Crippen molar-refractivity contribution >= 4 is 11.8 Å². The molecule has 16 heavy (non-hydrogen) atoms. The summed E-state index contributed by atoms with van der Waals surface area (Å²) in [7, 11) is 0. The van der Waals surface area contributed by atoms with Gasteiger partial charge in [-0.05, 0) is 12.8 Å². The predicted molar refractivity (Wildman–Crippen MR) is 61.9 cm³/mol. The molecule has 5 nitrogen and oxygen atoms in total. The van der Waals surface area contributed by atoms with Gasteiger partial charge in [-0.1, -0.05) is 13.8 Å². The van der Waals surface area contributed by atoms with Gasteiger partial charge in [0.15, 0.2) is 0 Å². The molecule has 1 fully saturated rings. The second kappa shape index (κ2) is 5.84. The van der Waals surface area contributed by atoms with E-state index in [-0.39, 0.29) is 24.4 Å². The summed E-state index contributed by atoms with van der Waals surface area (Å²) in [5, 5.41) is 5.65. The first-order valence-electron chi connectivity index (χ1n) is 5.83. The minimum absolute atomic E-state index is 0.0454. The number of rotatable bonds is 4. The Morgan fingerprint density at radius 2 is 2.25 bits per heavy atom. The molecule has 5 heteroatoms. The van der Waals surface area contributed by atoms with Crippen molar-refractivity contribution in [1.82, 2.24) is 15.5 Å². The Morgan fingerprint density at radius 3 is 2.69 bits per heavy atom. The summed E-state index contributed by atoms with van der Waals surface area (Å²) >= 11 is 0. The van der Waals surface area contributed by atoms with Crippen LogP contribution in [0.1, 0.15) is 20.8 Å². The van der Waals surface area contributed by atoms with Crippen LogP contribution in [-0.2, 0) is 9.59 Å². The van der Waals surface area contributed by atoms with Crippen LogP contribution in [0.25, 0.3) is 0 Å². The van der Waals surface area contributed by atoms with E-state index in [1.54, 1.807) is 0 Å². The Kier molecular flexibility index (Phi) is 4.73. The zero-order valence-electron chi connectivity index (χ0n) is 10.2. The summed E-state index contributed by atoms with van der Waals surface area (Å²) in [5.74, 6) is 0.495. The van der Waals surface area contributed by atoms with Crippen LogP contribution in [0, 0.1) is 5.92 Å². The van der Waals surface area contributed by atoms with Gasteiger partial charge in [-0.2, -0.15) is 0 Å². The second-order valence-electron chi connectivity index (χ2n) is 4.51. The van der Waals surface area contributed by atoms with Crippen molar-refractivity contribution in [3.05, 3.63) is 0 Å². The van der Waals surface area contributed by atoms with E-state index in [4.69, 9.17) is 0 Å². The van der Waals surface area contributed by atoms with Gasteiger partial charge in [0.05, 0.1) is 6.54 Å². The Balaban J connectivity index is 2.51. The van der Waals surface area contributed by atoms with Crippen LogP contribution >= 0.6 is 0 Å². The van der Waals surface area contributed by atoms with Crippen molar-refractivity contribution in [3.63, 3.8) is 0 Å². The number of hydrogen-bond donors (Lipinski definition) is 2. The van der Waals surface area contributed by atoms with E-state index in [0.717, 1.165) is 6.54 Å². The lowest BCUT2D eigenvalue weighted by Gasteiger charge is -2.30. The summed E-state index contributed by atoms with van der Waals surface area (Å²) in [6, 6.07) is -0.267. The molecule has 0 aromatic heterocycles. The molecular weight excluding hydrogens is 206 g/mol. The summed E-state index contributed by atoms with van der Waals surface area (Å²) in [6.07, 6.45) is 0. The Labute approximate surface area is 96.6 Å². The van der Waals surface area contributed by atoms with Gasteiger partial charge in [-0.15, -0.1) is 0 Å². The van der Waals surface area contributed by atoms with Gasteiger partial charge in [0, 0.05) is 19.6 Å². The lowest BCUT2D eigenvalue weighted by molar-refractivity contribution is -0.135. The van der Waals surface area contributed by atoms with E-state index < -0.39 is 0 Å². The van der Waals surface area contributed by atoms with Gasteiger partial charge in [-0.25, -0.2) is 0 Å². The molecule has 0 radical (unpaired) electrons. The molecule has 1 atom stereocenters. The fourth-order valence-electron chi connectivity index (χ4n) is 1.78. The molecule has 0 aromatic carbocycles. The Hall–Kier alpha value is -1.10. The number of nitrogens with one attached hydrogen (secondary N) is 2. The largest absolute Gasteiger partial charge is 0.353 e. The average Bonchev–Trinajstić information content (AvgIpc) is 2.25. The number of carbonyl (C=O) groups is 2. The van der Waals surface area contributed by atoms with E-state index in [1.807, 2.05) is 11.8 Å². The molecule has 1 saturated heterocycles. The van der Waals surface area contributed by atoms with Crippen LogP contribution in [0.4, 0.5) is 0 Å². The molecule has 1 aliphatic rings. The zero-order valence-corrected chi connectivity index (χ0v) is 10.2. The zero-order chi connectivity index (χ0) is 12.1. The topological polar surface area (TPSA) is 61.4 Å². The minimum atomic E-state index is -0.267. The molecule has 0 aliphatic carbocycles. The fraction of sp³-hybridized carbons (Fsp3) is 0.818. The lowest BCUT2D eigenvalue weighted by Crippen LogP contribution is -2.59. The number of carbonyl (C=O) groups excluding carboxylic acids is 2. The molecule has 0 aromatic rings. The summed E-state index contributed by atoms with van der Waals surface area (Å²) < 4.78 is 0. The van der Waals surface area contributed by atoms with Gasteiger partial charge in [0.25, 0.3) is 0 Å². The van der Waals surface area contributed by atoms with E-state index in [1.165, 1.54) is 0 Å². The highest BCUT2D eigenvalue weighted by Gasteiger charge is 2.27. The van der Waals surface area contributed by atoms with Crippen LogP contribution in [0.15, 0.2) is 0 Å². The highest BCUT2D eigenvalue weighted by atomic mass is 16.2. The number of nitrogens with zero attached hydrogens (tertiary/aromatic N) is 1. The molecule has 0 spiro atoms.